The van der Waals surface area contributed by atoms with Gasteiger partial charge in [0, 0.05) is 18.4 Å². The van der Waals surface area contributed by atoms with Crippen LogP contribution < -0.4 is 5.32 Å². The third kappa shape index (κ3) is 4.04. The zero-order valence-corrected chi connectivity index (χ0v) is 12.4. The molecule has 0 radical (unpaired) electrons. The van der Waals surface area contributed by atoms with Crippen molar-refractivity contribution >= 4 is 0 Å². The van der Waals surface area contributed by atoms with E-state index < -0.39 is 0 Å². The van der Waals surface area contributed by atoms with Crippen molar-refractivity contribution in [2.24, 2.45) is 11.8 Å². The van der Waals surface area contributed by atoms with Gasteiger partial charge in [0.25, 0.3) is 0 Å². The highest BCUT2D eigenvalue weighted by atomic mass is 14.9. The van der Waals surface area contributed by atoms with E-state index in [1.807, 2.05) is 12.4 Å². The molecule has 0 amide bonds. The second-order valence-electron chi connectivity index (χ2n) is 5.91. The van der Waals surface area contributed by atoms with E-state index in [2.05, 4.69) is 36.3 Å². The first-order chi connectivity index (χ1) is 9.35. The van der Waals surface area contributed by atoms with Gasteiger partial charge in [-0.05, 0) is 55.3 Å². The molecule has 1 saturated carbocycles. The highest BCUT2D eigenvalue weighted by Crippen LogP contribution is 2.38. The van der Waals surface area contributed by atoms with Gasteiger partial charge in [-0.3, -0.25) is 4.98 Å². The molecule has 0 bridgehead atoms. The molecule has 106 valence electrons. The normalized spacial score (nSPS) is 25.2. The fourth-order valence-corrected chi connectivity index (χ4v) is 3.43. The number of aromatic nitrogens is 1. The Morgan fingerprint density at radius 2 is 2.05 bits per heavy atom. The zero-order valence-electron chi connectivity index (χ0n) is 12.4. The first kappa shape index (κ1) is 14.5. The van der Waals surface area contributed by atoms with Crippen molar-refractivity contribution in [3.05, 3.63) is 30.1 Å². The number of rotatable bonds is 6. The molecule has 1 aromatic heterocycles. The molecule has 3 atom stereocenters. The van der Waals surface area contributed by atoms with Crippen molar-refractivity contribution in [1.29, 1.82) is 0 Å². The van der Waals surface area contributed by atoms with Crippen LogP contribution in [-0.4, -0.2) is 11.5 Å². The molecular formula is C17H28N2. The molecule has 2 nitrogen and oxygen atoms in total. The highest BCUT2D eigenvalue weighted by molar-refractivity contribution is 5.16. The molecule has 2 rings (SSSR count). The zero-order chi connectivity index (χ0) is 13.5. The van der Waals surface area contributed by atoms with Crippen molar-refractivity contribution in [1.82, 2.24) is 10.3 Å². The molecule has 2 heteroatoms. The molecule has 1 aromatic rings. The fourth-order valence-electron chi connectivity index (χ4n) is 3.43. The average molecular weight is 260 g/mol. The van der Waals surface area contributed by atoms with E-state index in [1.165, 1.54) is 44.1 Å². The number of pyridine rings is 1. The van der Waals surface area contributed by atoms with Crippen LogP contribution in [0.4, 0.5) is 0 Å². The SMILES string of the molecule is CCCNC(c1ccncc1)C1CCCC(CC)C1. The van der Waals surface area contributed by atoms with Crippen LogP contribution in [0, 0.1) is 11.8 Å². The molecule has 0 aliphatic heterocycles. The number of nitrogens with one attached hydrogen (secondary N) is 1. The summed E-state index contributed by atoms with van der Waals surface area (Å²) < 4.78 is 0. The van der Waals surface area contributed by atoms with Gasteiger partial charge in [0.2, 0.25) is 0 Å². The molecule has 1 fully saturated rings. The molecule has 0 saturated heterocycles. The summed E-state index contributed by atoms with van der Waals surface area (Å²) in [6.45, 7) is 5.70. The minimum atomic E-state index is 0.525. The van der Waals surface area contributed by atoms with Crippen molar-refractivity contribution in [2.45, 2.75) is 58.4 Å². The molecule has 1 aliphatic rings. The Morgan fingerprint density at radius 1 is 1.26 bits per heavy atom. The van der Waals surface area contributed by atoms with Crippen LogP contribution in [0.2, 0.25) is 0 Å². The lowest BCUT2D eigenvalue weighted by Crippen LogP contribution is -2.32. The van der Waals surface area contributed by atoms with Gasteiger partial charge in [-0.1, -0.05) is 33.1 Å². The third-order valence-corrected chi connectivity index (χ3v) is 4.55. The standard InChI is InChI=1S/C17H28N2/c1-3-10-19-17(15-8-11-18-12-9-15)16-7-5-6-14(4-2)13-16/h8-9,11-12,14,16-17,19H,3-7,10,13H2,1-2H3. The first-order valence-corrected chi connectivity index (χ1v) is 7.98. The van der Waals surface area contributed by atoms with Crippen molar-refractivity contribution in [3.8, 4) is 0 Å². The Labute approximate surface area is 118 Å². The van der Waals surface area contributed by atoms with E-state index >= 15 is 0 Å². The van der Waals surface area contributed by atoms with E-state index in [0.717, 1.165) is 18.4 Å². The molecule has 19 heavy (non-hydrogen) atoms. The Morgan fingerprint density at radius 3 is 2.74 bits per heavy atom. The Hall–Kier alpha value is -0.890. The van der Waals surface area contributed by atoms with Crippen LogP contribution in [0.25, 0.3) is 0 Å². The van der Waals surface area contributed by atoms with Crippen molar-refractivity contribution < 1.29 is 0 Å². The van der Waals surface area contributed by atoms with Gasteiger partial charge in [-0.15, -0.1) is 0 Å². The van der Waals surface area contributed by atoms with E-state index in [1.54, 1.807) is 0 Å². The van der Waals surface area contributed by atoms with Crippen LogP contribution in [0.5, 0.6) is 0 Å². The lowest BCUT2D eigenvalue weighted by Gasteiger charge is -2.35. The quantitative estimate of drug-likeness (QED) is 0.823. The van der Waals surface area contributed by atoms with Gasteiger partial charge in [-0.25, -0.2) is 0 Å². The third-order valence-electron chi connectivity index (χ3n) is 4.55. The van der Waals surface area contributed by atoms with Gasteiger partial charge in [0.1, 0.15) is 0 Å². The summed E-state index contributed by atoms with van der Waals surface area (Å²) in [5.74, 6) is 1.74. The molecule has 1 aliphatic carbocycles. The maximum Gasteiger partial charge on any atom is 0.0349 e. The van der Waals surface area contributed by atoms with Crippen LogP contribution >= 0.6 is 0 Å². The number of nitrogens with zero attached hydrogens (tertiary/aromatic N) is 1. The second kappa shape index (κ2) is 7.64. The van der Waals surface area contributed by atoms with Crippen LogP contribution in [0.3, 0.4) is 0 Å². The van der Waals surface area contributed by atoms with Crippen LogP contribution in [0.1, 0.15) is 64.0 Å². The summed E-state index contributed by atoms with van der Waals surface area (Å²) in [6, 6.07) is 4.89. The summed E-state index contributed by atoms with van der Waals surface area (Å²) in [5.41, 5.74) is 1.42. The van der Waals surface area contributed by atoms with Gasteiger partial charge >= 0.3 is 0 Å². The second-order valence-corrected chi connectivity index (χ2v) is 5.91. The van der Waals surface area contributed by atoms with Crippen molar-refractivity contribution in [3.63, 3.8) is 0 Å². The molecule has 1 heterocycles. The summed E-state index contributed by atoms with van der Waals surface area (Å²) in [5, 5.41) is 3.77. The monoisotopic (exact) mass is 260 g/mol. The Balaban J connectivity index is 2.08. The van der Waals surface area contributed by atoms with Crippen molar-refractivity contribution in [2.75, 3.05) is 6.54 Å². The van der Waals surface area contributed by atoms with Crippen LogP contribution in [0.15, 0.2) is 24.5 Å². The number of hydrogen-bond donors (Lipinski definition) is 1. The lowest BCUT2D eigenvalue weighted by atomic mass is 9.75. The highest BCUT2D eigenvalue weighted by Gasteiger charge is 2.28. The Kier molecular flexibility index (Phi) is 5.84. The smallest absolute Gasteiger partial charge is 0.0349 e. The summed E-state index contributed by atoms with van der Waals surface area (Å²) >= 11 is 0. The molecule has 1 N–H and O–H groups in total. The Bertz CT molecular complexity index is 350. The lowest BCUT2D eigenvalue weighted by molar-refractivity contribution is 0.209. The first-order valence-electron chi connectivity index (χ1n) is 7.98. The summed E-state index contributed by atoms with van der Waals surface area (Å²) in [6.07, 6.45) is 12.0. The van der Waals surface area contributed by atoms with Gasteiger partial charge in [-0.2, -0.15) is 0 Å². The maximum atomic E-state index is 4.16. The minimum absolute atomic E-state index is 0.525. The largest absolute Gasteiger partial charge is 0.310 e. The van der Waals surface area contributed by atoms with Gasteiger partial charge < -0.3 is 5.32 Å². The molecule has 3 unspecified atom stereocenters. The maximum absolute atomic E-state index is 4.16. The predicted molar refractivity (Wildman–Crippen MR) is 81.0 cm³/mol. The van der Waals surface area contributed by atoms with E-state index in [0.29, 0.717) is 6.04 Å². The summed E-state index contributed by atoms with van der Waals surface area (Å²) in [4.78, 5) is 4.16. The molecular weight excluding hydrogens is 232 g/mol. The van der Waals surface area contributed by atoms with E-state index in [4.69, 9.17) is 0 Å². The average Bonchev–Trinajstić information content (AvgIpc) is 2.49. The predicted octanol–water partition coefficient (Wildman–Crippen LogP) is 4.34. The number of hydrogen-bond acceptors (Lipinski definition) is 2. The van der Waals surface area contributed by atoms with Crippen LogP contribution in [-0.2, 0) is 0 Å². The topological polar surface area (TPSA) is 24.9 Å². The van der Waals surface area contributed by atoms with Gasteiger partial charge in [0.15, 0.2) is 0 Å². The summed E-state index contributed by atoms with van der Waals surface area (Å²) in [7, 11) is 0. The van der Waals surface area contributed by atoms with Gasteiger partial charge in [0.05, 0.1) is 0 Å². The molecule has 0 aromatic carbocycles. The fraction of sp³-hybridized carbons (Fsp3) is 0.706. The minimum Gasteiger partial charge on any atom is -0.310 e. The van der Waals surface area contributed by atoms with E-state index in [9.17, 15) is 0 Å². The van der Waals surface area contributed by atoms with E-state index in [-0.39, 0.29) is 0 Å². The molecule has 0 spiro atoms.